The lowest BCUT2D eigenvalue weighted by Gasteiger charge is -2.34. The van der Waals surface area contributed by atoms with Crippen molar-refractivity contribution in [3.05, 3.63) is 59.9 Å². The molecular weight excluding hydrogens is 353 g/mol. The van der Waals surface area contributed by atoms with E-state index in [0.29, 0.717) is 11.4 Å². The van der Waals surface area contributed by atoms with Crippen molar-refractivity contribution in [3.8, 4) is 5.75 Å². The molecule has 0 spiro atoms. The minimum absolute atomic E-state index is 0.00505. The molecular formula is C19H18FN3O4. The first-order valence-electron chi connectivity index (χ1n) is 8.31. The number of anilines is 1. The monoisotopic (exact) mass is 371 g/mol. The third-order valence-electron chi connectivity index (χ3n) is 4.13. The van der Waals surface area contributed by atoms with E-state index in [0.717, 1.165) is 0 Å². The van der Waals surface area contributed by atoms with Crippen molar-refractivity contribution in [2.45, 2.75) is 6.10 Å². The zero-order valence-electron chi connectivity index (χ0n) is 14.6. The first-order valence-corrected chi connectivity index (χ1v) is 8.31. The lowest BCUT2D eigenvalue weighted by Crippen LogP contribution is -2.52. The van der Waals surface area contributed by atoms with Gasteiger partial charge in [0, 0.05) is 7.05 Å². The molecule has 0 saturated carbocycles. The number of amides is 3. The Hall–Kier alpha value is -3.42. The molecule has 0 aliphatic carbocycles. The van der Waals surface area contributed by atoms with Crippen molar-refractivity contribution in [2.24, 2.45) is 0 Å². The van der Waals surface area contributed by atoms with Gasteiger partial charge in [0.05, 0.1) is 24.3 Å². The average molecular weight is 371 g/mol. The minimum Gasteiger partial charge on any atom is -0.477 e. The van der Waals surface area contributed by atoms with E-state index in [2.05, 4.69) is 10.6 Å². The zero-order valence-corrected chi connectivity index (χ0v) is 14.6. The van der Waals surface area contributed by atoms with Gasteiger partial charge in [-0.25, -0.2) is 4.39 Å². The number of rotatable bonds is 4. The van der Waals surface area contributed by atoms with Gasteiger partial charge >= 0.3 is 0 Å². The number of nitrogens with zero attached hydrogens (tertiary/aromatic N) is 1. The summed E-state index contributed by atoms with van der Waals surface area (Å²) < 4.78 is 19.3. The van der Waals surface area contributed by atoms with Gasteiger partial charge in [-0.05, 0) is 24.3 Å². The smallest absolute Gasteiger partial charge is 0.262 e. The van der Waals surface area contributed by atoms with Crippen LogP contribution in [0.3, 0.4) is 0 Å². The van der Waals surface area contributed by atoms with E-state index in [4.69, 9.17) is 4.74 Å². The molecule has 0 saturated heterocycles. The van der Waals surface area contributed by atoms with Crippen LogP contribution in [-0.4, -0.2) is 44.0 Å². The van der Waals surface area contributed by atoms with Gasteiger partial charge in [-0.3, -0.25) is 14.4 Å². The Morgan fingerprint density at radius 2 is 1.85 bits per heavy atom. The van der Waals surface area contributed by atoms with Crippen molar-refractivity contribution >= 4 is 23.4 Å². The SMILES string of the molecule is CNC(=O)[C@@H]1CN(C(=O)CNC(=O)c2ccccc2F)c2ccccc2O1. The quantitative estimate of drug-likeness (QED) is 0.842. The summed E-state index contributed by atoms with van der Waals surface area (Å²) in [6, 6.07) is 12.3. The Labute approximate surface area is 155 Å². The Balaban J connectivity index is 1.74. The molecule has 0 bridgehead atoms. The van der Waals surface area contributed by atoms with Gasteiger partial charge in [0.25, 0.3) is 11.8 Å². The molecule has 2 aromatic carbocycles. The molecule has 0 radical (unpaired) electrons. The average Bonchev–Trinajstić information content (AvgIpc) is 2.70. The topological polar surface area (TPSA) is 87.7 Å². The maximum Gasteiger partial charge on any atom is 0.262 e. The van der Waals surface area contributed by atoms with E-state index in [1.165, 1.54) is 36.2 Å². The number of carbonyl (C=O) groups is 3. The van der Waals surface area contributed by atoms with Gasteiger partial charge < -0.3 is 20.3 Å². The summed E-state index contributed by atoms with van der Waals surface area (Å²) in [4.78, 5) is 38.1. The summed E-state index contributed by atoms with van der Waals surface area (Å²) in [5.74, 6) is -1.77. The molecule has 2 aromatic rings. The van der Waals surface area contributed by atoms with E-state index in [1.807, 2.05) is 0 Å². The van der Waals surface area contributed by atoms with Gasteiger partial charge in [0.2, 0.25) is 5.91 Å². The summed E-state index contributed by atoms with van der Waals surface area (Å²) in [6.07, 6.45) is -0.865. The number of halogens is 1. The van der Waals surface area contributed by atoms with Crippen molar-refractivity contribution in [3.63, 3.8) is 0 Å². The number of likely N-dealkylation sites (N-methyl/N-ethyl adjacent to an activating group) is 1. The fourth-order valence-electron chi connectivity index (χ4n) is 2.76. The first-order chi connectivity index (χ1) is 13.0. The third kappa shape index (κ3) is 3.89. The molecule has 140 valence electrons. The van der Waals surface area contributed by atoms with Crippen LogP contribution in [0.25, 0.3) is 0 Å². The molecule has 1 aliphatic heterocycles. The number of fused-ring (bicyclic) bond motifs is 1. The number of carbonyl (C=O) groups excluding carboxylic acids is 3. The summed E-state index contributed by atoms with van der Waals surface area (Å²) >= 11 is 0. The van der Waals surface area contributed by atoms with Crippen LogP contribution in [0, 0.1) is 5.82 Å². The largest absolute Gasteiger partial charge is 0.477 e. The van der Waals surface area contributed by atoms with Crippen LogP contribution in [0.4, 0.5) is 10.1 Å². The summed E-state index contributed by atoms with van der Waals surface area (Å²) in [5, 5.41) is 4.90. The van der Waals surface area contributed by atoms with Crippen LogP contribution in [0.2, 0.25) is 0 Å². The molecule has 7 nitrogen and oxygen atoms in total. The van der Waals surface area contributed by atoms with E-state index < -0.39 is 23.7 Å². The molecule has 3 amide bonds. The second-order valence-electron chi connectivity index (χ2n) is 5.86. The Bertz CT molecular complexity index is 887. The van der Waals surface area contributed by atoms with Crippen molar-refractivity contribution in [1.82, 2.24) is 10.6 Å². The molecule has 2 N–H and O–H groups in total. The van der Waals surface area contributed by atoms with E-state index in [-0.39, 0.29) is 24.6 Å². The number of hydrogen-bond donors (Lipinski definition) is 2. The highest BCUT2D eigenvalue weighted by atomic mass is 19.1. The maximum atomic E-state index is 13.7. The van der Waals surface area contributed by atoms with E-state index in [9.17, 15) is 18.8 Å². The van der Waals surface area contributed by atoms with E-state index >= 15 is 0 Å². The van der Waals surface area contributed by atoms with Gasteiger partial charge in [0.1, 0.15) is 11.6 Å². The van der Waals surface area contributed by atoms with Crippen LogP contribution < -0.4 is 20.3 Å². The Morgan fingerprint density at radius 3 is 2.59 bits per heavy atom. The fraction of sp³-hybridized carbons (Fsp3) is 0.211. The maximum absolute atomic E-state index is 13.7. The fourth-order valence-corrected chi connectivity index (χ4v) is 2.76. The van der Waals surface area contributed by atoms with Crippen LogP contribution >= 0.6 is 0 Å². The van der Waals surface area contributed by atoms with Gasteiger partial charge in [0.15, 0.2) is 6.10 Å². The highest BCUT2D eigenvalue weighted by Gasteiger charge is 2.33. The highest BCUT2D eigenvalue weighted by molar-refractivity contribution is 6.02. The molecule has 1 aliphatic rings. The van der Waals surface area contributed by atoms with Gasteiger partial charge in [-0.1, -0.05) is 24.3 Å². The lowest BCUT2D eigenvalue weighted by molar-refractivity contribution is -0.127. The summed E-state index contributed by atoms with van der Waals surface area (Å²) in [5.41, 5.74) is 0.360. The van der Waals surface area contributed by atoms with Crippen LogP contribution in [-0.2, 0) is 9.59 Å². The zero-order chi connectivity index (χ0) is 19.4. The number of benzene rings is 2. The molecule has 1 atom stereocenters. The second kappa shape index (κ2) is 7.86. The predicted octanol–water partition coefficient (Wildman–Crippen LogP) is 1.10. The normalized spacial score (nSPS) is 15.3. The third-order valence-corrected chi connectivity index (χ3v) is 4.13. The molecule has 0 fully saturated rings. The highest BCUT2D eigenvalue weighted by Crippen LogP contribution is 2.33. The van der Waals surface area contributed by atoms with Crippen molar-refractivity contribution < 1.29 is 23.5 Å². The number of hydrogen-bond acceptors (Lipinski definition) is 4. The molecule has 0 unspecified atom stereocenters. The number of para-hydroxylation sites is 2. The minimum atomic E-state index is -0.865. The molecule has 1 heterocycles. The van der Waals surface area contributed by atoms with Crippen LogP contribution in [0.15, 0.2) is 48.5 Å². The lowest BCUT2D eigenvalue weighted by atomic mass is 10.1. The van der Waals surface area contributed by atoms with Crippen molar-refractivity contribution in [2.75, 3.05) is 25.0 Å². The van der Waals surface area contributed by atoms with Crippen molar-refractivity contribution in [1.29, 1.82) is 0 Å². The number of ether oxygens (including phenoxy) is 1. The first kappa shape index (κ1) is 18.4. The van der Waals surface area contributed by atoms with Gasteiger partial charge in [-0.15, -0.1) is 0 Å². The number of nitrogens with one attached hydrogen (secondary N) is 2. The van der Waals surface area contributed by atoms with Crippen LogP contribution in [0.1, 0.15) is 10.4 Å². The molecule has 3 rings (SSSR count). The summed E-state index contributed by atoms with van der Waals surface area (Å²) in [6.45, 7) is -0.340. The standard InChI is InChI=1S/C19H18FN3O4/c1-21-19(26)16-11-23(14-8-4-5-9-15(14)27-16)17(24)10-22-18(25)12-6-2-3-7-13(12)20/h2-9,16H,10-11H2,1H3,(H,21,26)(H,22,25)/t16-/m0/s1. The molecule has 27 heavy (non-hydrogen) atoms. The van der Waals surface area contributed by atoms with E-state index in [1.54, 1.807) is 24.3 Å². The van der Waals surface area contributed by atoms with Gasteiger partial charge in [-0.2, -0.15) is 0 Å². The molecule has 8 heteroatoms. The molecule has 0 aromatic heterocycles. The summed E-state index contributed by atoms with van der Waals surface area (Å²) in [7, 11) is 1.48. The Morgan fingerprint density at radius 1 is 1.15 bits per heavy atom. The predicted molar refractivity (Wildman–Crippen MR) is 96.0 cm³/mol. The second-order valence-corrected chi connectivity index (χ2v) is 5.86. The Kier molecular flexibility index (Phi) is 5.35. The van der Waals surface area contributed by atoms with Crippen LogP contribution in [0.5, 0.6) is 5.75 Å².